The molecule has 104 valence electrons. The van der Waals surface area contributed by atoms with Gasteiger partial charge in [-0.25, -0.2) is 4.39 Å². The number of aromatic nitrogens is 4. The quantitative estimate of drug-likeness (QED) is 0.772. The number of nitrogens with one attached hydrogen (secondary N) is 2. The number of aromatic amines is 1. The molecule has 1 aromatic heterocycles. The molecule has 3 aromatic rings. The van der Waals surface area contributed by atoms with Crippen molar-refractivity contribution in [2.24, 2.45) is 0 Å². The van der Waals surface area contributed by atoms with Crippen molar-refractivity contribution in [1.29, 1.82) is 0 Å². The zero-order valence-electron chi connectivity index (χ0n) is 10.7. The second kappa shape index (κ2) is 5.49. The van der Waals surface area contributed by atoms with Crippen molar-refractivity contribution < 1.29 is 9.18 Å². The third-order valence-electron chi connectivity index (χ3n) is 2.85. The van der Waals surface area contributed by atoms with Crippen LogP contribution in [0.4, 0.5) is 10.1 Å². The molecule has 6 nitrogen and oxygen atoms in total. The van der Waals surface area contributed by atoms with Crippen molar-refractivity contribution in [3.05, 3.63) is 59.9 Å². The maximum Gasteiger partial charge on any atom is 0.255 e. The molecule has 7 heteroatoms. The fraction of sp³-hybridized carbons (Fsp3) is 0. The molecule has 2 aromatic carbocycles. The summed E-state index contributed by atoms with van der Waals surface area (Å²) >= 11 is 0. The number of tetrazole rings is 1. The van der Waals surface area contributed by atoms with Gasteiger partial charge < -0.3 is 5.32 Å². The molecule has 0 aliphatic rings. The van der Waals surface area contributed by atoms with Gasteiger partial charge in [-0.3, -0.25) is 4.79 Å². The summed E-state index contributed by atoms with van der Waals surface area (Å²) in [6.07, 6.45) is 0. The van der Waals surface area contributed by atoms with Gasteiger partial charge in [-0.05, 0) is 41.6 Å². The summed E-state index contributed by atoms with van der Waals surface area (Å²) < 4.78 is 12.8. The van der Waals surface area contributed by atoms with Crippen LogP contribution < -0.4 is 5.32 Å². The van der Waals surface area contributed by atoms with Crippen LogP contribution in [0, 0.1) is 5.82 Å². The number of nitrogens with zero attached hydrogens (tertiary/aromatic N) is 3. The molecule has 1 amide bonds. The first-order valence-electron chi connectivity index (χ1n) is 6.13. The Labute approximate surface area is 119 Å². The van der Waals surface area contributed by atoms with Gasteiger partial charge in [-0.1, -0.05) is 12.1 Å². The maximum absolute atomic E-state index is 12.8. The van der Waals surface area contributed by atoms with Crippen molar-refractivity contribution in [2.45, 2.75) is 0 Å². The lowest BCUT2D eigenvalue weighted by molar-refractivity contribution is 0.102. The van der Waals surface area contributed by atoms with Crippen LogP contribution >= 0.6 is 0 Å². The number of carbonyl (C=O) groups is 1. The molecule has 0 saturated heterocycles. The van der Waals surface area contributed by atoms with E-state index in [0.717, 1.165) is 5.56 Å². The van der Waals surface area contributed by atoms with Gasteiger partial charge in [-0.2, -0.15) is 5.21 Å². The summed E-state index contributed by atoms with van der Waals surface area (Å²) in [4.78, 5) is 12.0. The minimum Gasteiger partial charge on any atom is -0.322 e. The van der Waals surface area contributed by atoms with Crippen molar-refractivity contribution in [2.75, 3.05) is 5.32 Å². The van der Waals surface area contributed by atoms with E-state index in [1.807, 2.05) is 0 Å². The van der Waals surface area contributed by atoms with Gasteiger partial charge in [0.15, 0.2) is 0 Å². The molecule has 0 spiro atoms. The average Bonchev–Trinajstić information content (AvgIpc) is 3.04. The molecule has 3 rings (SSSR count). The van der Waals surface area contributed by atoms with Gasteiger partial charge >= 0.3 is 0 Å². The van der Waals surface area contributed by atoms with Crippen LogP contribution in [0.25, 0.3) is 11.4 Å². The van der Waals surface area contributed by atoms with Gasteiger partial charge in [0.05, 0.1) is 0 Å². The largest absolute Gasteiger partial charge is 0.322 e. The molecule has 0 radical (unpaired) electrons. The number of halogens is 1. The van der Waals surface area contributed by atoms with E-state index in [2.05, 4.69) is 25.9 Å². The molecule has 0 saturated carbocycles. The van der Waals surface area contributed by atoms with Crippen molar-refractivity contribution in [3.8, 4) is 11.4 Å². The highest BCUT2D eigenvalue weighted by molar-refractivity contribution is 6.04. The zero-order chi connectivity index (χ0) is 14.7. The van der Waals surface area contributed by atoms with E-state index in [0.29, 0.717) is 17.1 Å². The predicted octanol–water partition coefficient (Wildman–Crippen LogP) is 2.26. The lowest BCUT2D eigenvalue weighted by Crippen LogP contribution is -2.11. The number of anilines is 1. The highest BCUT2D eigenvalue weighted by Crippen LogP contribution is 2.15. The fourth-order valence-corrected chi connectivity index (χ4v) is 1.79. The Balaban J connectivity index is 1.74. The Bertz CT molecular complexity index is 738. The monoisotopic (exact) mass is 283 g/mol. The normalized spacial score (nSPS) is 10.3. The third kappa shape index (κ3) is 2.92. The SMILES string of the molecule is O=C(Nc1ccc(F)cc1)c1ccc(-c2nn[nH]n2)cc1. The highest BCUT2D eigenvalue weighted by atomic mass is 19.1. The van der Waals surface area contributed by atoms with E-state index >= 15 is 0 Å². The lowest BCUT2D eigenvalue weighted by Gasteiger charge is -2.05. The first-order chi connectivity index (χ1) is 10.2. The summed E-state index contributed by atoms with van der Waals surface area (Å²) in [6.45, 7) is 0. The second-order valence-electron chi connectivity index (χ2n) is 4.27. The Morgan fingerprint density at radius 2 is 1.76 bits per heavy atom. The van der Waals surface area contributed by atoms with E-state index in [1.54, 1.807) is 24.3 Å². The van der Waals surface area contributed by atoms with E-state index in [9.17, 15) is 9.18 Å². The summed E-state index contributed by atoms with van der Waals surface area (Å²) in [6, 6.07) is 12.3. The molecule has 1 heterocycles. The molecule has 21 heavy (non-hydrogen) atoms. The van der Waals surface area contributed by atoms with Crippen molar-refractivity contribution in [1.82, 2.24) is 20.6 Å². The van der Waals surface area contributed by atoms with Crippen LogP contribution in [-0.4, -0.2) is 26.5 Å². The number of carbonyl (C=O) groups excluding carboxylic acids is 1. The smallest absolute Gasteiger partial charge is 0.255 e. The third-order valence-corrected chi connectivity index (χ3v) is 2.85. The van der Waals surface area contributed by atoms with Crippen LogP contribution in [0.2, 0.25) is 0 Å². The van der Waals surface area contributed by atoms with Crippen LogP contribution in [0.5, 0.6) is 0 Å². The zero-order valence-corrected chi connectivity index (χ0v) is 10.7. The minimum absolute atomic E-state index is 0.277. The van der Waals surface area contributed by atoms with Crippen molar-refractivity contribution in [3.63, 3.8) is 0 Å². The number of hydrogen-bond acceptors (Lipinski definition) is 4. The van der Waals surface area contributed by atoms with Gasteiger partial charge in [0.1, 0.15) is 5.82 Å². The predicted molar refractivity (Wildman–Crippen MR) is 74.0 cm³/mol. The number of H-pyrrole nitrogens is 1. The molecule has 0 bridgehead atoms. The van der Waals surface area contributed by atoms with Gasteiger partial charge in [0.25, 0.3) is 5.91 Å². The Kier molecular flexibility index (Phi) is 3.38. The van der Waals surface area contributed by atoms with Gasteiger partial charge in [0.2, 0.25) is 5.82 Å². The van der Waals surface area contributed by atoms with Crippen molar-refractivity contribution >= 4 is 11.6 Å². The first-order valence-corrected chi connectivity index (χ1v) is 6.13. The van der Waals surface area contributed by atoms with Crippen LogP contribution in [0.3, 0.4) is 0 Å². The number of benzene rings is 2. The molecule has 0 unspecified atom stereocenters. The number of amides is 1. The lowest BCUT2D eigenvalue weighted by atomic mass is 10.1. The summed E-state index contributed by atoms with van der Waals surface area (Å²) in [5, 5.41) is 16.2. The van der Waals surface area contributed by atoms with E-state index in [4.69, 9.17) is 0 Å². The summed E-state index contributed by atoms with van der Waals surface area (Å²) in [5.41, 5.74) is 1.76. The number of hydrogen-bond donors (Lipinski definition) is 2. The fourth-order valence-electron chi connectivity index (χ4n) is 1.79. The van der Waals surface area contributed by atoms with Crippen LogP contribution in [-0.2, 0) is 0 Å². The van der Waals surface area contributed by atoms with Crippen LogP contribution in [0.15, 0.2) is 48.5 Å². The Morgan fingerprint density at radius 1 is 1.05 bits per heavy atom. The minimum atomic E-state index is -0.350. The molecule has 0 atom stereocenters. The highest BCUT2D eigenvalue weighted by Gasteiger charge is 2.08. The second-order valence-corrected chi connectivity index (χ2v) is 4.27. The Morgan fingerprint density at radius 3 is 2.38 bits per heavy atom. The van der Waals surface area contributed by atoms with Gasteiger partial charge in [0, 0.05) is 16.8 Å². The summed E-state index contributed by atoms with van der Waals surface area (Å²) in [5.74, 6) is -0.167. The molecule has 0 aliphatic heterocycles. The van der Waals surface area contributed by atoms with Gasteiger partial charge in [-0.15, -0.1) is 10.2 Å². The maximum atomic E-state index is 12.8. The first kappa shape index (κ1) is 12.9. The summed E-state index contributed by atoms with van der Waals surface area (Å²) in [7, 11) is 0. The van der Waals surface area contributed by atoms with E-state index in [1.165, 1.54) is 24.3 Å². The standard InChI is InChI=1S/C14H10FN5O/c15-11-5-7-12(8-6-11)16-14(21)10-3-1-9(2-4-10)13-17-19-20-18-13/h1-8H,(H,16,21)(H,17,18,19,20). The topological polar surface area (TPSA) is 83.6 Å². The van der Waals surface area contributed by atoms with Crippen LogP contribution in [0.1, 0.15) is 10.4 Å². The van der Waals surface area contributed by atoms with E-state index in [-0.39, 0.29) is 11.7 Å². The molecule has 0 fully saturated rings. The molecule has 0 aliphatic carbocycles. The molecule has 2 N–H and O–H groups in total. The average molecular weight is 283 g/mol. The number of rotatable bonds is 3. The molecular formula is C14H10FN5O. The van der Waals surface area contributed by atoms with E-state index < -0.39 is 0 Å². The molecular weight excluding hydrogens is 273 g/mol. The Hall–Kier alpha value is -3.09.